The van der Waals surface area contributed by atoms with Crippen LogP contribution in [0.25, 0.3) is 11.5 Å². The van der Waals surface area contributed by atoms with Gasteiger partial charge in [0.05, 0.1) is 18.4 Å². The van der Waals surface area contributed by atoms with E-state index in [9.17, 15) is 10.4 Å². The van der Waals surface area contributed by atoms with E-state index in [4.69, 9.17) is 9.40 Å². The van der Waals surface area contributed by atoms with Crippen molar-refractivity contribution >= 4 is 5.82 Å². The SMILES string of the molecule is CN(CCO)c1nc(-c2ccco2)c2c(c1C#N)CCCC2. The lowest BCUT2D eigenvalue weighted by Gasteiger charge is -2.25. The molecule has 0 aromatic carbocycles. The summed E-state index contributed by atoms with van der Waals surface area (Å²) in [6.45, 7) is 0.467. The number of nitrogens with zero attached hydrogens (tertiary/aromatic N) is 3. The quantitative estimate of drug-likeness (QED) is 0.938. The van der Waals surface area contributed by atoms with Gasteiger partial charge in [0.1, 0.15) is 17.6 Å². The fourth-order valence-electron chi connectivity index (χ4n) is 3.07. The number of aromatic nitrogens is 1. The lowest BCUT2D eigenvalue weighted by Crippen LogP contribution is -2.25. The van der Waals surface area contributed by atoms with Gasteiger partial charge < -0.3 is 14.4 Å². The summed E-state index contributed by atoms with van der Waals surface area (Å²) in [6, 6.07) is 6.07. The van der Waals surface area contributed by atoms with Crippen LogP contribution in [0, 0.1) is 11.3 Å². The van der Waals surface area contributed by atoms with Crippen molar-refractivity contribution in [3.8, 4) is 17.5 Å². The zero-order valence-electron chi connectivity index (χ0n) is 12.7. The zero-order valence-corrected chi connectivity index (χ0v) is 12.7. The molecule has 3 rings (SSSR count). The van der Waals surface area contributed by atoms with Gasteiger partial charge in [0.2, 0.25) is 0 Å². The average molecular weight is 297 g/mol. The standard InChI is InChI=1S/C17H19N3O2/c1-20(8-9-21)17-14(11-18)12-5-2-3-6-13(12)16(19-17)15-7-4-10-22-15/h4,7,10,21H,2-3,5-6,8-9H2,1H3. The highest BCUT2D eigenvalue weighted by Crippen LogP contribution is 2.36. The van der Waals surface area contributed by atoms with E-state index in [2.05, 4.69) is 6.07 Å². The minimum absolute atomic E-state index is 0.0240. The lowest BCUT2D eigenvalue weighted by molar-refractivity contribution is 0.304. The minimum Gasteiger partial charge on any atom is -0.463 e. The van der Waals surface area contributed by atoms with Crippen LogP contribution in [-0.4, -0.2) is 30.3 Å². The van der Waals surface area contributed by atoms with E-state index in [0.29, 0.717) is 17.9 Å². The molecule has 1 aliphatic rings. The van der Waals surface area contributed by atoms with Crippen molar-refractivity contribution in [2.24, 2.45) is 0 Å². The second-order valence-corrected chi connectivity index (χ2v) is 5.56. The summed E-state index contributed by atoms with van der Waals surface area (Å²) >= 11 is 0. The molecule has 2 aromatic heterocycles. The monoisotopic (exact) mass is 297 g/mol. The fraction of sp³-hybridized carbons (Fsp3) is 0.412. The molecule has 0 spiro atoms. The number of anilines is 1. The Kier molecular flexibility index (Phi) is 4.12. The minimum atomic E-state index is 0.0240. The smallest absolute Gasteiger partial charge is 0.152 e. The number of likely N-dealkylation sites (N-methyl/N-ethyl adjacent to an activating group) is 1. The van der Waals surface area contributed by atoms with Gasteiger partial charge in [-0.2, -0.15) is 5.26 Å². The molecular weight excluding hydrogens is 278 g/mol. The van der Waals surface area contributed by atoms with Crippen LogP contribution in [0.5, 0.6) is 0 Å². The number of hydrogen-bond acceptors (Lipinski definition) is 5. The van der Waals surface area contributed by atoms with Gasteiger partial charge in [-0.25, -0.2) is 4.98 Å². The van der Waals surface area contributed by atoms with Gasteiger partial charge in [0.25, 0.3) is 0 Å². The fourth-order valence-corrected chi connectivity index (χ4v) is 3.07. The van der Waals surface area contributed by atoms with Gasteiger partial charge in [0.15, 0.2) is 5.76 Å². The van der Waals surface area contributed by atoms with Crippen LogP contribution < -0.4 is 4.90 Å². The number of rotatable bonds is 4. The van der Waals surface area contributed by atoms with Crippen LogP contribution >= 0.6 is 0 Å². The first-order valence-corrected chi connectivity index (χ1v) is 7.58. The summed E-state index contributed by atoms with van der Waals surface area (Å²) < 4.78 is 5.54. The molecule has 0 atom stereocenters. The molecule has 1 aliphatic carbocycles. The Morgan fingerprint density at radius 1 is 1.36 bits per heavy atom. The van der Waals surface area contributed by atoms with Crippen LogP contribution in [0.15, 0.2) is 22.8 Å². The topological polar surface area (TPSA) is 73.3 Å². The second-order valence-electron chi connectivity index (χ2n) is 5.56. The van der Waals surface area contributed by atoms with E-state index in [-0.39, 0.29) is 6.61 Å². The number of hydrogen-bond donors (Lipinski definition) is 1. The number of fused-ring (bicyclic) bond motifs is 1. The largest absolute Gasteiger partial charge is 0.463 e. The van der Waals surface area contributed by atoms with Crippen molar-refractivity contribution in [2.75, 3.05) is 25.1 Å². The Bertz CT molecular complexity index is 702. The molecule has 1 N–H and O–H groups in total. The molecule has 0 saturated heterocycles. The summed E-state index contributed by atoms with van der Waals surface area (Å²) in [5.74, 6) is 1.37. The second kappa shape index (κ2) is 6.20. The lowest BCUT2D eigenvalue weighted by atomic mass is 9.87. The zero-order chi connectivity index (χ0) is 15.5. The Hall–Kier alpha value is -2.32. The molecule has 0 saturated carbocycles. The summed E-state index contributed by atoms with van der Waals surface area (Å²) in [7, 11) is 1.85. The molecule has 2 heterocycles. The highest BCUT2D eigenvalue weighted by molar-refractivity contribution is 5.70. The maximum Gasteiger partial charge on any atom is 0.152 e. The van der Waals surface area contributed by atoms with Crippen molar-refractivity contribution in [3.63, 3.8) is 0 Å². The first-order chi connectivity index (χ1) is 10.8. The molecule has 0 unspecified atom stereocenters. The van der Waals surface area contributed by atoms with Crippen molar-refractivity contribution in [1.29, 1.82) is 5.26 Å². The molecule has 0 radical (unpaired) electrons. The van der Waals surface area contributed by atoms with E-state index in [1.54, 1.807) is 6.26 Å². The third-order valence-electron chi connectivity index (χ3n) is 4.16. The molecule has 0 bridgehead atoms. The van der Waals surface area contributed by atoms with E-state index in [0.717, 1.165) is 48.3 Å². The molecule has 22 heavy (non-hydrogen) atoms. The molecule has 0 amide bonds. The highest BCUT2D eigenvalue weighted by atomic mass is 16.3. The summed E-state index contributed by atoms with van der Waals surface area (Å²) in [4.78, 5) is 6.55. The van der Waals surface area contributed by atoms with Crippen molar-refractivity contribution in [2.45, 2.75) is 25.7 Å². The molecule has 0 fully saturated rings. The summed E-state index contributed by atoms with van der Waals surface area (Å²) in [5.41, 5.74) is 3.70. The predicted molar refractivity (Wildman–Crippen MR) is 83.7 cm³/mol. The predicted octanol–water partition coefficient (Wildman–Crippen LogP) is 2.52. The first kappa shape index (κ1) is 14.6. The van der Waals surface area contributed by atoms with Gasteiger partial charge in [-0.1, -0.05) is 0 Å². The molecule has 5 nitrogen and oxygen atoms in total. The molecule has 0 aliphatic heterocycles. The van der Waals surface area contributed by atoms with Crippen LogP contribution in [0.4, 0.5) is 5.82 Å². The average Bonchev–Trinajstić information content (AvgIpc) is 3.07. The number of furan rings is 1. The number of aliphatic hydroxyl groups excluding tert-OH is 1. The highest BCUT2D eigenvalue weighted by Gasteiger charge is 2.25. The van der Waals surface area contributed by atoms with Gasteiger partial charge in [-0.3, -0.25) is 0 Å². The maximum atomic E-state index is 9.61. The first-order valence-electron chi connectivity index (χ1n) is 7.58. The van der Waals surface area contributed by atoms with Crippen molar-refractivity contribution < 1.29 is 9.52 Å². The van der Waals surface area contributed by atoms with Gasteiger partial charge in [-0.05, 0) is 48.9 Å². The molecule has 114 valence electrons. The third-order valence-corrected chi connectivity index (χ3v) is 4.16. The Balaban J connectivity index is 2.22. The molecule has 2 aromatic rings. The normalized spacial score (nSPS) is 13.5. The molecular formula is C17H19N3O2. The molecule has 5 heteroatoms. The Morgan fingerprint density at radius 3 is 2.77 bits per heavy atom. The van der Waals surface area contributed by atoms with Crippen molar-refractivity contribution in [1.82, 2.24) is 4.98 Å². The Labute approximate surface area is 129 Å². The number of aliphatic hydroxyl groups is 1. The van der Waals surface area contributed by atoms with E-state index < -0.39 is 0 Å². The van der Waals surface area contributed by atoms with Crippen LogP contribution in [0.3, 0.4) is 0 Å². The van der Waals surface area contributed by atoms with Gasteiger partial charge in [-0.15, -0.1) is 0 Å². The van der Waals surface area contributed by atoms with E-state index in [1.165, 1.54) is 0 Å². The van der Waals surface area contributed by atoms with E-state index in [1.807, 2.05) is 24.1 Å². The van der Waals surface area contributed by atoms with Crippen LogP contribution in [0.2, 0.25) is 0 Å². The van der Waals surface area contributed by atoms with Crippen LogP contribution in [-0.2, 0) is 12.8 Å². The summed E-state index contributed by atoms with van der Waals surface area (Å²) in [5, 5.41) is 18.8. The van der Waals surface area contributed by atoms with Crippen LogP contribution in [0.1, 0.15) is 29.5 Å². The summed E-state index contributed by atoms with van der Waals surface area (Å²) in [6.07, 6.45) is 5.67. The van der Waals surface area contributed by atoms with Gasteiger partial charge >= 0.3 is 0 Å². The maximum absolute atomic E-state index is 9.61. The third kappa shape index (κ3) is 2.46. The van der Waals surface area contributed by atoms with Gasteiger partial charge in [0, 0.05) is 13.6 Å². The Morgan fingerprint density at radius 2 is 2.14 bits per heavy atom. The number of pyridine rings is 1. The number of nitriles is 1. The van der Waals surface area contributed by atoms with Crippen molar-refractivity contribution in [3.05, 3.63) is 35.1 Å². The van der Waals surface area contributed by atoms with E-state index >= 15 is 0 Å².